The second kappa shape index (κ2) is 8.64. The van der Waals surface area contributed by atoms with Gasteiger partial charge in [-0.3, -0.25) is 9.69 Å². The third-order valence-electron chi connectivity index (χ3n) is 5.29. The highest BCUT2D eigenvalue weighted by Crippen LogP contribution is 2.32. The average Bonchev–Trinajstić information content (AvgIpc) is 3.23. The standard InChI is InChI=1S/C21H32N4O5S/c1-20(2,3)30-19(28)23-7-8-24-15(11-23)12-25(18(24)27)17-22-14(13-31-17)9-21(4,5)10-16(26)29-6/h13,15H,7-12H2,1-6H3/t15-/m0/s1. The first kappa shape index (κ1) is 23.3. The van der Waals surface area contributed by atoms with Gasteiger partial charge >= 0.3 is 18.1 Å². The number of carbonyl (C=O) groups is 3. The van der Waals surface area contributed by atoms with E-state index in [0.717, 1.165) is 5.69 Å². The minimum atomic E-state index is -0.551. The fraction of sp³-hybridized carbons (Fsp3) is 0.714. The number of hydrogen-bond donors (Lipinski definition) is 0. The van der Waals surface area contributed by atoms with E-state index in [2.05, 4.69) is 4.98 Å². The highest BCUT2D eigenvalue weighted by atomic mass is 32.1. The van der Waals surface area contributed by atoms with E-state index in [9.17, 15) is 14.4 Å². The van der Waals surface area contributed by atoms with Crippen molar-refractivity contribution in [1.29, 1.82) is 0 Å². The van der Waals surface area contributed by atoms with Crippen LogP contribution in [0.25, 0.3) is 0 Å². The summed E-state index contributed by atoms with van der Waals surface area (Å²) in [5, 5.41) is 2.58. The van der Waals surface area contributed by atoms with Crippen molar-refractivity contribution < 1.29 is 23.9 Å². The summed E-state index contributed by atoms with van der Waals surface area (Å²) in [6.07, 6.45) is 0.567. The second-order valence-electron chi connectivity index (χ2n) is 9.88. The van der Waals surface area contributed by atoms with Crippen molar-refractivity contribution in [2.24, 2.45) is 5.41 Å². The van der Waals surface area contributed by atoms with E-state index in [1.165, 1.54) is 18.4 Å². The van der Waals surface area contributed by atoms with Gasteiger partial charge in [-0.2, -0.15) is 0 Å². The van der Waals surface area contributed by atoms with Gasteiger partial charge in [0.25, 0.3) is 0 Å². The van der Waals surface area contributed by atoms with Gasteiger partial charge in [-0.1, -0.05) is 13.8 Å². The van der Waals surface area contributed by atoms with E-state index in [4.69, 9.17) is 9.47 Å². The van der Waals surface area contributed by atoms with Crippen LogP contribution in [0.1, 0.15) is 46.7 Å². The molecule has 2 saturated heterocycles. The maximum Gasteiger partial charge on any atom is 0.410 e. The zero-order chi connectivity index (χ0) is 23.0. The van der Waals surface area contributed by atoms with Crippen LogP contribution in [0.2, 0.25) is 0 Å². The number of piperazine rings is 1. The molecule has 1 aromatic rings. The highest BCUT2D eigenvalue weighted by molar-refractivity contribution is 7.14. The minimum Gasteiger partial charge on any atom is -0.469 e. The van der Waals surface area contributed by atoms with Crippen LogP contribution < -0.4 is 4.90 Å². The van der Waals surface area contributed by atoms with Gasteiger partial charge in [-0.25, -0.2) is 14.6 Å². The molecule has 10 heteroatoms. The summed E-state index contributed by atoms with van der Waals surface area (Å²) in [6, 6.07) is -0.166. The summed E-state index contributed by atoms with van der Waals surface area (Å²) in [4.78, 5) is 46.8. The van der Waals surface area contributed by atoms with Crippen LogP contribution >= 0.6 is 11.3 Å². The van der Waals surface area contributed by atoms with Gasteiger partial charge in [-0.15, -0.1) is 11.3 Å². The molecule has 172 valence electrons. The first-order chi connectivity index (χ1) is 14.4. The molecule has 3 heterocycles. The molecule has 0 saturated carbocycles. The lowest BCUT2D eigenvalue weighted by atomic mass is 9.85. The van der Waals surface area contributed by atoms with E-state index in [0.29, 0.717) is 44.2 Å². The average molecular weight is 453 g/mol. The number of nitrogens with zero attached hydrogens (tertiary/aromatic N) is 4. The number of ether oxygens (including phenoxy) is 2. The van der Waals surface area contributed by atoms with E-state index < -0.39 is 5.60 Å². The van der Waals surface area contributed by atoms with Gasteiger partial charge in [0.15, 0.2) is 5.13 Å². The molecule has 0 spiro atoms. The highest BCUT2D eigenvalue weighted by Gasteiger charge is 2.43. The molecule has 0 bridgehead atoms. The van der Waals surface area contributed by atoms with Crippen molar-refractivity contribution in [3.63, 3.8) is 0 Å². The van der Waals surface area contributed by atoms with E-state index in [1.54, 1.807) is 9.80 Å². The molecule has 0 aromatic carbocycles. The number of hydrogen-bond acceptors (Lipinski definition) is 7. The zero-order valence-electron chi connectivity index (χ0n) is 19.1. The second-order valence-corrected chi connectivity index (χ2v) is 10.7. The molecular formula is C21H32N4O5S. The first-order valence-corrected chi connectivity index (χ1v) is 11.3. The van der Waals surface area contributed by atoms with Crippen molar-refractivity contribution in [2.75, 3.05) is 38.2 Å². The minimum absolute atomic E-state index is 0.0800. The lowest BCUT2D eigenvalue weighted by molar-refractivity contribution is -0.142. The monoisotopic (exact) mass is 452 g/mol. The van der Waals surface area contributed by atoms with Crippen molar-refractivity contribution in [2.45, 2.75) is 59.1 Å². The summed E-state index contributed by atoms with van der Waals surface area (Å²) in [5.74, 6) is -0.249. The number of carbonyl (C=O) groups excluding carboxylic acids is 3. The fourth-order valence-electron chi connectivity index (χ4n) is 3.88. The Kier molecular flexibility index (Phi) is 6.50. The van der Waals surface area contributed by atoms with Gasteiger partial charge in [0.1, 0.15) is 5.60 Å². The number of anilines is 1. The van der Waals surface area contributed by atoms with Crippen LogP contribution in [0.5, 0.6) is 0 Å². The van der Waals surface area contributed by atoms with Crippen LogP contribution in [0.15, 0.2) is 5.38 Å². The van der Waals surface area contributed by atoms with Gasteiger partial charge in [-0.05, 0) is 32.6 Å². The molecule has 2 aliphatic heterocycles. The molecule has 1 atom stereocenters. The maximum absolute atomic E-state index is 12.9. The Morgan fingerprint density at radius 3 is 2.55 bits per heavy atom. The number of methoxy groups -OCH3 is 1. The Morgan fingerprint density at radius 2 is 1.90 bits per heavy atom. The molecule has 1 aromatic heterocycles. The molecule has 0 unspecified atom stereocenters. The van der Waals surface area contributed by atoms with E-state index in [1.807, 2.05) is 44.9 Å². The number of thiazole rings is 1. The Hall–Kier alpha value is -2.36. The topological polar surface area (TPSA) is 92.3 Å². The van der Waals surface area contributed by atoms with Gasteiger partial charge < -0.3 is 19.3 Å². The van der Waals surface area contributed by atoms with Gasteiger partial charge in [0.2, 0.25) is 0 Å². The molecular weight excluding hydrogens is 420 g/mol. The van der Waals surface area contributed by atoms with Crippen molar-refractivity contribution in [3.8, 4) is 0 Å². The third-order valence-corrected chi connectivity index (χ3v) is 6.20. The molecule has 2 aliphatic rings. The van der Waals surface area contributed by atoms with E-state index >= 15 is 0 Å². The number of rotatable bonds is 5. The molecule has 9 nitrogen and oxygen atoms in total. The summed E-state index contributed by atoms with van der Waals surface area (Å²) in [7, 11) is 1.39. The van der Waals surface area contributed by atoms with Gasteiger partial charge in [0, 0.05) is 25.0 Å². The molecule has 3 amide bonds. The number of urea groups is 1. The lowest BCUT2D eigenvalue weighted by Crippen LogP contribution is -2.54. The van der Waals surface area contributed by atoms with Crippen LogP contribution in [-0.4, -0.2) is 77.8 Å². The summed E-state index contributed by atoms with van der Waals surface area (Å²) >= 11 is 1.42. The van der Waals surface area contributed by atoms with Crippen LogP contribution in [-0.2, 0) is 20.7 Å². The number of esters is 1. The molecule has 0 N–H and O–H groups in total. The summed E-state index contributed by atoms with van der Waals surface area (Å²) in [5.41, 5.74) is 0.00532. The summed E-state index contributed by atoms with van der Waals surface area (Å²) < 4.78 is 10.3. The van der Waals surface area contributed by atoms with Gasteiger partial charge in [0.05, 0.1) is 31.8 Å². The summed E-state index contributed by atoms with van der Waals surface area (Å²) in [6.45, 7) is 11.4. The zero-order valence-corrected chi connectivity index (χ0v) is 20.0. The Labute approximate surface area is 187 Å². The fourth-order valence-corrected chi connectivity index (χ4v) is 4.70. The van der Waals surface area contributed by atoms with Crippen molar-refractivity contribution in [1.82, 2.24) is 14.8 Å². The predicted molar refractivity (Wildman–Crippen MR) is 117 cm³/mol. The Bertz CT molecular complexity index is 847. The molecule has 0 radical (unpaired) electrons. The quantitative estimate of drug-likeness (QED) is 0.638. The number of fused-ring (bicyclic) bond motifs is 1. The number of aromatic nitrogens is 1. The molecule has 31 heavy (non-hydrogen) atoms. The van der Waals surface area contributed by atoms with Crippen molar-refractivity contribution >= 4 is 34.6 Å². The lowest BCUT2D eigenvalue weighted by Gasteiger charge is -2.36. The maximum atomic E-state index is 12.9. The first-order valence-electron chi connectivity index (χ1n) is 10.5. The van der Waals surface area contributed by atoms with Crippen molar-refractivity contribution in [3.05, 3.63) is 11.1 Å². The molecule has 0 aliphatic carbocycles. The largest absolute Gasteiger partial charge is 0.469 e. The Morgan fingerprint density at radius 1 is 1.19 bits per heavy atom. The number of amides is 3. The predicted octanol–water partition coefficient (Wildman–Crippen LogP) is 3.14. The Balaban J connectivity index is 1.64. The SMILES string of the molecule is COC(=O)CC(C)(C)Cc1csc(N2C[C@@H]3CN(C(=O)OC(C)(C)C)CCN3C2=O)n1. The van der Waals surface area contributed by atoms with Crippen LogP contribution in [0.3, 0.4) is 0 Å². The van der Waals surface area contributed by atoms with Crippen LogP contribution in [0.4, 0.5) is 14.7 Å². The normalized spacial score (nSPS) is 19.5. The van der Waals surface area contributed by atoms with Crippen LogP contribution in [0, 0.1) is 5.41 Å². The van der Waals surface area contributed by atoms with E-state index in [-0.39, 0.29) is 29.6 Å². The smallest absolute Gasteiger partial charge is 0.410 e. The molecule has 3 rings (SSSR count). The third kappa shape index (κ3) is 5.66. The molecule has 2 fully saturated rings.